The number of amides is 1. The summed E-state index contributed by atoms with van der Waals surface area (Å²) in [6.07, 6.45) is 2.45. The lowest BCUT2D eigenvalue weighted by atomic mass is 10.2. The van der Waals surface area contributed by atoms with Crippen LogP contribution in [0.15, 0.2) is 48.5 Å². The maximum Gasteiger partial charge on any atom is 0.257 e. The van der Waals surface area contributed by atoms with Gasteiger partial charge in [-0.3, -0.25) is 4.79 Å². The van der Waals surface area contributed by atoms with Gasteiger partial charge in [-0.1, -0.05) is 18.2 Å². The summed E-state index contributed by atoms with van der Waals surface area (Å²) in [4.78, 5) is 12.0. The van der Waals surface area contributed by atoms with Gasteiger partial charge in [0, 0.05) is 6.08 Å². The van der Waals surface area contributed by atoms with E-state index in [1.165, 1.54) is 25.3 Å². The second-order valence-electron chi connectivity index (χ2n) is 6.39. The third kappa shape index (κ3) is 6.30. The fourth-order valence-electron chi connectivity index (χ4n) is 2.38. The smallest absolute Gasteiger partial charge is 0.257 e. The normalized spacial score (nSPS) is 12.8. The molecule has 2 aromatic rings. The first kappa shape index (κ1) is 22.4. The van der Waals surface area contributed by atoms with Gasteiger partial charge in [-0.25, -0.2) is 17.5 Å². The van der Waals surface area contributed by atoms with Crippen LogP contribution in [0.1, 0.15) is 30.3 Å². The average molecular weight is 422 g/mol. The van der Waals surface area contributed by atoms with Gasteiger partial charge in [0.15, 0.2) is 16.9 Å². The molecule has 0 radical (unpaired) electrons. The molecule has 29 heavy (non-hydrogen) atoms. The number of sulfonamides is 1. The highest BCUT2D eigenvalue weighted by atomic mass is 32.2. The summed E-state index contributed by atoms with van der Waals surface area (Å²) in [5, 5.41) is -1.52. The molecule has 2 rings (SSSR count). The molecule has 1 unspecified atom stereocenters. The molecular weight excluding hydrogens is 399 g/mol. The van der Waals surface area contributed by atoms with E-state index >= 15 is 0 Å². The van der Waals surface area contributed by atoms with Crippen LogP contribution in [-0.4, -0.2) is 27.5 Å². The molecule has 0 heterocycles. The highest BCUT2D eigenvalue weighted by molar-refractivity contribution is 7.90. The summed E-state index contributed by atoms with van der Waals surface area (Å²) >= 11 is 0. The minimum Gasteiger partial charge on any atom is -0.493 e. The van der Waals surface area contributed by atoms with E-state index < -0.39 is 27.1 Å². The number of hydrogen-bond acceptors (Lipinski definition) is 6. The first-order chi connectivity index (χ1) is 13.6. The number of nitrogens with one attached hydrogen (secondary N) is 1. The molecule has 0 aliphatic heterocycles. The fraction of sp³-hybridized carbons (Fsp3) is 0.250. The van der Waals surface area contributed by atoms with Gasteiger partial charge in [-0.15, -0.1) is 0 Å². The zero-order valence-corrected chi connectivity index (χ0v) is 17.1. The third-order valence-electron chi connectivity index (χ3n) is 3.75. The number of halogens is 1. The van der Waals surface area contributed by atoms with Crippen LogP contribution in [0.2, 0.25) is 0 Å². The third-order valence-corrected chi connectivity index (χ3v) is 5.18. The van der Waals surface area contributed by atoms with Crippen LogP contribution < -0.4 is 19.9 Å². The number of carbonyl (C=O) groups is 1. The Kier molecular flexibility index (Phi) is 7.35. The van der Waals surface area contributed by atoms with Crippen LogP contribution in [0, 0.1) is 5.82 Å². The van der Waals surface area contributed by atoms with Crippen molar-refractivity contribution in [1.29, 1.82) is 0 Å². The van der Waals surface area contributed by atoms with E-state index in [2.05, 4.69) is 0 Å². The Hall–Kier alpha value is -2.91. The Morgan fingerprint density at radius 1 is 1.14 bits per heavy atom. The molecular formula is C20H23FN2O5S. The summed E-state index contributed by atoms with van der Waals surface area (Å²) in [5.74, 6) is -0.362. The second kappa shape index (κ2) is 9.53. The van der Waals surface area contributed by atoms with Crippen molar-refractivity contribution in [2.75, 3.05) is 7.11 Å². The largest absolute Gasteiger partial charge is 0.493 e. The lowest BCUT2D eigenvalue weighted by Crippen LogP contribution is -2.37. The van der Waals surface area contributed by atoms with Crippen molar-refractivity contribution in [1.82, 2.24) is 4.72 Å². The van der Waals surface area contributed by atoms with Gasteiger partial charge in [0.1, 0.15) is 5.82 Å². The van der Waals surface area contributed by atoms with Crippen molar-refractivity contribution in [3.63, 3.8) is 0 Å². The minimum atomic E-state index is -4.20. The molecule has 1 atom stereocenters. The molecule has 0 spiro atoms. The number of rotatable bonds is 8. The van der Waals surface area contributed by atoms with E-state index in [0.29, 0.717) is 17.1 Å². The van der Waals surface area contributed by atoms with Crippen LogP contribution in [0.3, 0.4) is 0 Å². The van der Waals surface area contributed by atoms with Crippen molar-refractivity contribution in [3.8, 4) is 11.5 Å². The maximum absolute atomic E-state index is 13.0. The highest BCUT2D eigenvalue weighted by Gasteiger charge is 2.24. The van der Waals surface area contributed by atoms with Gasteiger partial charge in [0.25, 0.3) is 15.9 Å². The van der Waals surface area contributed by atoms with E-state index in [1.54, 1.807) is 18.2 Å². The standard InChI is InChI=1S/C20H23FN2O5S/c1-13(2)28-17-10-4-14(12-18(17)27-3)5-11-19(24)23-29(25,26)20(22)15-6-8-16(21)9-7-15/h4-13,20H,22H2,1-3H3,(H,23,24)/b11-5+. The van der Waals surface area contributed by atoms with Crippen molar-refractivity contribution in [3.05, 3.63) is 65.5 Å². The van der Waals surface area contributed by atoms with Crippen molar-refractivity contribution < 1.29 is 27.1 Å². The first-order valence-corrected chi connectivity index (χ1v) is 10.3. The predicted molar refractivity (Wildman–Crippen MR) is 108 cm³/mol. The Labute approximate surface area is 169 Å². The first-order valence-electron chi connectivity index (χ1n) is 8.72. The van der Waals surface area contributed by atoms with Crippen LogP contribution >= 0.6 is 0 Å². The summed E-state index contributed by atoms with van der Waals surface area (Å²) in [6, 6.07) is 9.71. The molecule has 0 aromatic heterocycles. The minimum absolute atomic E-state index is 0.0356. The topological polar surface area (TPSA) is 108 Å². The van der Waals surface area contributed by atoms with Crippen LogP contribution in [0.4, 0.5) is 4.39 Å². The molecule has 0 aliphatic rings. The van der Waals surface area contributed by atoms with Crippen molar-refractivity contribution in [2.24, 2.45) is 5.73 Å². The lowest BCUT2D eigenvalue weighted by Gasteiger charge is -2.14. The molecule has 2 aromatic carbocycles. The van der Waals surface area contributed by atoms with E-state index in [1.807, 2.05) is 18.6 Å². The van der Waals surface area contributed by atoms with Crippen molar-refractivity contribution in [2.45, 2.75) is 25.3 Å². The quantitative estimate of drug-likeness (QED) is 0.634. The summed E-state index contributed by atoms with van der Waals surface area (Å²) < 4.78 is 50.3. The van der Waals surface area contributed by atoms with Crippen molar-refractivity contribution >= 4 is 22.0 Å². The van der Waals surface area contributed by atoms with Gasteiger partial charge in [0.2, 0.25) is 0 Å². The highest BCUT2D eigenvalue weighted by Crippen LogP contribution is 2.29. The van der Waals surface area contributed by atoms with E-state index in [4.69, 9.17) is 15.2 Å². The Bertz CT molecular complexity index is 988. The molecule has 7 nitrogen and oxygen atoms in total. The summed E-state index contributed by atoms with van der Waals surface area (Å²) in [5.41, 5.74) is 6.45. The monoisotopic (exact) mass is 422 g/mol. The molecule has 0 fully saturated rings. The molecule has 1 amide bonds. The Morgan fingerprint density at radius 3 is 2.38 bits per heavy atom. The van der Waals surface area contributed by atoms with E-state index in [9.17, 15) is 17.6 Å². The zero-order valence-electron chi connectivity index (χ0n) is 16.3. The number of ether oxygens (including phenoxy) is 2. The molecule has 0 saturated carbocycles. The Morgan fingerprint density at radius 2 is 1.79 bits per heavy atom. The SMILES string of the molecule is COc1cc(/C=C/C(=O)NS(=O)(=O)C(N)c2ccc(F)cc2)ccc1OC(C)C. The average Bonchev–Trinajstić information content (AvgIpc) is 2.66. The fourth-order valence-corrected chi connectivity index (χ4v) is 3.37. The van der Waals surface area contributed by atoms with Gasteiger partial charge < -0.3 is 15.2 Å². The molecule has 0 bridgehead atoms. The van der Waals surface area contributed by atoms with Crippen LogP contribution in [0.5, 0.6) is 11.5 Å². The van der Waals surface area contributed by atoms with Gasteiger partial charge in [0.05, 0.1) is 13.2 Å². The number of hydrogen-bond donors (Lipinski definition) is 2. The molecule has 9 heteroatoms. The molecule has 0 aliphatic carbocycles. The number of benzene rings is 2. The van der Waals surface area contributed by atoms with Crippen LogP contribution in [-0.2, 0) is 14.8 Å². The number of methoxy groups -OCH3 is 1. The predicted octanol–water partition coefficient (Wildman–Crippen LogP) is 2.74. The number of carbonyl (C=O) groups excluding carboxylic acids is 1. The van der Waals surface area contributed by atoms with E-state index in [0.717, 1.165) is 18.2 Å². The second-order valence-corrected chi connectivity index (χ2v) is 8.20. The lowest BCUT2D eigenvalue weighted by molar-refractivity contribution is -0.114. The van der Waals surface area contributed by atoms with Gasteiger partial charge in [-0.2, -0.15) is 0 Å². The summed E-state index contributed by atoms with van der Waals surface area (Å²) in [6.45, 7) is 3.77. The van der Waals surface area contributed by atoms with Gasteiger partial charge >= 0.3 is 0 Å². The number of nitrogens with two attached hydrogens (primary N) is 1. The molecule has 0 saturated heterocycles. The van der Waals surface area contributed by atoms with Gasteiger partial charge in [-0.05, 0) is 55.3 Å². The van der Waals surface area contributed by atoms with Crippen LogP contribution in [0.25, 0.3) is 6.08 Å². The molecule has 156 valence electrons. The molecule has 3 N–H and O–H groups in total. The zero-order chi connectivity index (χ0) is 21.6. The maximum atomic E-state index is 13.0. The Balaban J connectivity index is 2.09. The van der Waals surface area contributed by atoms with E-state index in [-0.39, 0.29) is 11.7 Å². The summed E-state index contributed by atoms with van der Waals surface area (Å²) in [7, 11) is -2.71.